The van der Waals surface area contributed by atoms with Crippen LogP contribution < -0.4 is 45.4 Å². The predicted octanol–water partition coefficient (Wildman–Crippen LogP) is 7.21. The maximum atomic E-state index is 13.5. The molecule has 4 aromatic rings. The molecule has 440 valence electrons. The number of nitrogens with two attached hydrogens (primary N) is 1. The van der Waals surface area contributed by atoms with E-state index in [-0.39, 0.29) is 54.2 Å². The number of amides is 4. The van der Waals surface area contributed by atoms with E-state index < -0.39 is 66.1 Å². The van der Waals surface area contributed by atoms with Crippen LogP contribution in [0, 0.1) is 5.92 Å². The Morgan fingerprint density at radius 1 is 0.691 bits per heavy atom. The number of piperidine rings is 2. The fourth-order valence-corrected chi connectivity index (χ4v) is 9.38. The summed E-state index contributed by atoms with van der Waals surface area (Å²) in [7, 11) is 0. The number of ether oxygens (including phenoxy) is 6. The summed E-state index contributed by atoms with van der Waals surface area (Å²) in [6.45, 7) is 13.4. The first-order valence-electron chi connectivity index (χ1n) is 26.0. The van der Waals surface area contributed by atoms with E-state index in [0.717, 1.165) is 46.2 Å². The fraction of sp³-hybridized carbons (Fsp3) is 0.569. The lowest BCUT2D eigenvalue weighted by atomic mass is 10.00. The molecule has 0 spiro atoms. The van der Waals surface area contributed by atoms with Gasteiger partial charge in [0.1, 0.15) is 48.6 Å². The number of carbonyl (C=O) groups is 4. The van der Waals surface area contributed by atoms with E-state index in [1.54, 1.807) is 24.3 Å². The second kappa shape index (κ2) is 24.4. The van der Waals surface area contributed by atoms with Crippen LogP contribution in [0.4, 0.5) is 70.6 Å². The Morgan fingerprint density at radius 2 is 1.12 bits per heavy atom. The van der Waals surface area contributed by atoms with Crippen molar-refractivity contribution >= 4 is 58.5 Å². The van der Waals surface area contributed by atoms with Gasteiger partial charge in [0.05, 0.1) is 73.4 Å². The smallest absolute Gasteiger partial charge is 0.403 e. The van der Waals surface area contributed by atoms with Crippen molar-refractivity contribution in [2.24, 2.45) is 11.7 Å². The quantitative estimate of drug-likeness (QED) is 0.0805. The molecule has 4 bridgehead atoms. The minimum Gasteiger partial charge on any atom is -0.489 e. The zero-order valence-electron chi connectivity index (χ0n) is 45.1. The highest BCUT2D eigenvalue weighted by Gasteiger charge is 2.43. The largest absolute Gasteiger partial charge is 0.489 e. The number of aromatic carboxylic acids is 1. The molecule has 81 heavy (non-hydrogen) atoms. The topological polar surface area (TPSA) is 284 Å². The number of halogens is 6. The minimum absolute atomic E-state index is 0.127. The summed E-state index contributed by atoms with van der Waals surface area (Å²) in [6.07, 6.45) is -0.790. The van der Waals surface area contributed by atoms with Crippen molar-refractivity contribution in [3.63, 3.8) is 0 Å². The summed E-state index contributed by atoms with van der Waals surface area (Å²) in [4.78, 5) is 82.8. The van der Waals surface area contributed by atoms with Gasteiger partial charge in [-0.25, -0.2) is 44.3 Å². The average Bonchev–Trinajstić information content (AvgIpc) is 4.15. The number of Topliss-reactive ketones (excluding diaryl/α,β-unsaturated/α-hetero) is 1. The van der Waals surface area contributed by atoms with E-state index in [1.807, 2.05) is 32.6 Å². The lowest BCUT2D eigenvalue weighted by molar-refractivity contribution is -0.168. The summed E-state index contributed by atoms with van der Waals surface area (Å²) in [5, 5.41) is 14.9. The monoisotopic (exact) mass is 1150 g/mol. The highest BCUT2D eigenvalue weighted by molar-refractivity contribution is 6.05. The van der Waals surface area contributed by atoms with Gasteiger partial charge in [0.25, 0.3) is 0 Å². The van der Waals surface area contributed by atoms with E-state index in [2.05, 4.69) is 51.2 Å². The lowest BCUT2D eigenvalue weighted by Crippen LogP contribution is -2.56. The van der Waals surface area contributed by atoms with Crippen LogP contribution in [0.5, 0.6) is 11.5 Å². The van der Waals surface area contributed by atoms with Crippen molar-refractivity contribution < 1.29 is 79.0 Å². The molecule has 6 aliphatic rings. The van der Waals surface area contributed by atoms with Crippen LogP contribution in [0.1, 0.15) is 94.9 Å². The van der Waals surface area contributed by atoms with Gasteiger partial charge in [-0.3, -0.25) is 25.2 Å². The van der Waals surface area contributed by atoms with Crippen molar-refractivity contribution in [1.82, 2.24) is 29.9 Å². The molecule has 0 unspecified atom stereocenters. The summed E-state index contributed by atoms with van der Waals surface area (Å²) >= 11 is 0. The van der Waals surface area contributed by atoms with E-state index in [1.165, 1.54) is 34.6 Å². The lowest BCUT2D eigenvalue weighted by Gasteiger charge is -2.45. The number of ketones is 1. The molecular formula is C51H63F6N13O11. The fourth-order valence-electron chi connectivity index (χ4n) is 9.38. The molecule has 30 heteroatoms. The molecule has 24 nitrogen and oxygen atoms in total. The maximum absolute atomic E-state index is 13.5. The number of hydrogen-bond donors (Lipinski definition) is 4. The molecule has 6 atom stereocenters. The molecule has 4 fully saturated rings. The number of nitrogens with zero attached hydrogens (tertiary/aromatic N) is 10. The van der Waals surface area contributed by atoms with Crippen LogP contribution in [0.15, 0.2) is 49.1 Å². The molecule has 0 aromatic carbocycles. The third-order valence-electron chi connectivity index (χ3n) is 13.6. The number of pyridine rings is 2. The summed E-state index contributed by atoms with van der Waals surface area (Å²) in [6, 6.07) is 3.59. The normalized spacial score (nSPS) is 22.1. The van der Waals surface area contributed by atoms with Crippen molar-refractivity contribution in [2.75, 3.05) is 82.8 Å². The van der Waals surface area contributed by atoms with Crippen LogP contribution in [0.2, 0.25) is 0 Å². The van der Waals surface area contributed by atoms with Gasteiger partial charge < -0.3 is 49.1 Å². The summed E-state index contributed by atoms with van der Waals surface area (Å²) in [5.41, 5.74) is 5.64. The van der Waals surface area contributed by atoms with Gasteiger partial charge in [0.15, 0.2) is 29.0 Å². The second-order valence-electron chi connectivity index (χ2n) is 20.9. The van der Waals surface area contributed by atoms with Gasteiger partial charge in [0.2, 0.25) is 11.6 Å². The number of hydrogen-bond acceptors (Lipinski definition) is 19. The number of rotatable bonds is 12. The van der Waals surface area contributed by atoms with E-state index in [0.29, 0.717) is 73.8 Å². The summed E-state index contributed by atoms with van der Waals surface area (Å²) in [5.74, 6) is -3.78. The standard InChI is InChI=1S/C26H31F3N6O5.C22H26N6O6.C3H6F3N/c1-15(26(27,28)29)9-20(36)22-31-11-19-23(33-22)35(16-5-4-8-34(19)12-16)24(37)32-21-7-6-17(10-30-21)38-13-18-14-39-25(2,3)40-18;1-22(2)33-12-15(34-22)11-32-14-5-6-17(23-8-14)25-21(31)28-13-4-3-7-27(10-13)16-9-24-18(20(29)30)26-19(16)28;1-2(7)3(4,5)6/h6-7,10-11,15-16,18H,4-5,8-9,12-14H2,1-3H3,(H,30,32,37);5-6,8-9,13,15H,3-4,7,10-12H2,1-2H3,(H,29,30)(H,23,25,31);2H,7H2,1H3/t15-,16-,18+;13-,15+;2-/m001/s1. The Labute approximate surface area is 461 Å². The Hall–Kier alpha value is -7.28. The minimum atomic E-state index is -4.51. The van der Waals surface area contributed by atoms with Gasteiger partial charge in [-0.05, 0) is 84.6 Å². The number of fused-ring (bicyclic) bond motifs is 8. The van der Waals surface area contributed by atoms with Gasteiger partial charge in [-0.2, -0.15) is 26.3 Å². The number of nitrogens with one attached hydrogen (secondary N) is 2. The number of urea groups is 2. The molecule has 6 aliphatic heterocycles. The Balaban J connectivity index is 0.000000192. The molecule has 0 radical (unpaired) electrons. The molecule has 0 saturated carbocycles. The number of alkyl halides is 6. The zero-order chi connectivity index (χ0) is 58.6. The van der Waals surface area contributed by atoms with Crippen molar-refractivity contribution in [2.45, 2.75) is 128 Å². The molecule has 10 heterocycles. The van der Waals surface area contributed by atoms with Crippen LogP contribution >= 0.6 is 0 Å². The van der Waals surface area contributed by atoms with E-state index >= 15 is 0 Å². The zero-order valence-corrected chi connectivity index (χ0v) is 45.1. The highest BCUT2D eigenvalue weighted by atomic mass is 19.4. The first kappa shape index (κ1) is 59.8. The Bertz CT molecular complexity index is 2890. The number of carboxylic acid groups (broad SMARTS) is 1. The van der Waals surface area contributed by atoms with Gasteiger partial charge in [-0.1, -0.05) is 6.92 Å². The predicted molar refractivity (Wildman–Crippen MR) is 278 cm³/mol. The second-order valence-corrected chi connectivity index (χ2v) is 20.9. The number of anilines is 6. The first-order chi connectivity index (χ1) is 38.1. The third kappa shape index (κ3) is 15.2. The highest BCUT2D eigenvalue weighted by Crippen LogP contribution is 2.40. The molecule has 5 N–H and O–H groups in total. The SMILES string of the molecule is CC1(C)OC[C@@H](COc2ccc(NC(=O)N3c4nc(C(=O)O)ncc4N4CCC[C@H]3C4)nc2)O1.C[C@@H](CC(=O)c1ncc2c(n1)N(C(=O)Nc1ccc(OC[C@@H]3COC(C)(C)O3)cn1)[C@H]1CCCN2C1)C(F)(F)F.C[C@@H](N)C(F)(F)F. The van der Waals surface area contributed by atoms with Gasteiger partial charge in [-0.15, -0.1) is 0 Å². The first-order valence-corrected chi connectivity index (χ1v) is 26.0. The number of carboxylic acids is 1. The van der Waals surface area contributed by atoms with Crippen LogP contribution in [0.25, 0.3) is 0 Å². The Kier molecular flexibility index (Phi) is 18.1. The van der Waals surface area contributed by atoms with Crippen LogP contribution in [-0.2, 0) is 18.9 Å². The molecular weight excluding hydrogens is 1080 g/mol. The Morgan fingerprint density at radius 3 is 1.49 bits per heavy atom. The molecule has 4 aromatic heterocycles. The molecule has 4 saturated heterocycles. The molecule has 0 aliphatic carbocycles. The third-order valence-corrected chi connectivity index (χ3v) is 13.6. The molecule has 4 amide bonds. The molecule has 10 rings (SSSR count). The van der Waals surface area contributed by atoms with Gasteiger partial charge >= 0.3 is 30.4 Å². The van der Waals surface area contributed by atoms with Crippen LogP contribution in [0.3, 0.4) is 0 Å². The maximum Gasteiger partial charge on any atom is 0.403 e. The number of aromatic nitrogens is 6. The van der Waals surface area contributed by atoms with Crippen molar-refractivity contribution in [1.29, 1.82) is 0 Å². The van der Waals surface area contributed by atoms with E-state index in [4.69, 9.17) is 28.4 Å². The van der Waals surface area contributed by atoms with Gasteiger partial charge in [0, 0.05) is 32.6 Å². The van der Waals surface area contributed by atoms with E-state index in [9.17, 15) is 50.6 Å². The average molecular weight is 1150 g/mol. The van der Waals surface area contributed by atoms with Crippen molar-refractivity contribution in [3.8, 4) is 11.5 Å². The van der Waals surface area contributed by atoms with Crippen LogP contribution in [-0.4, -0.2) is 166 Å². The number of carbonyl (C=O) groups excluding carboxylic acids is 3. The summed E-state index contributed by atoms with van der Waals surface area (Å²) < 4.78 is 106. The van der Waals surface area contributed by atoms with Crippen molar-refractivity contribution in [3.05, 3.63) is 60.7 Å².